The summed E-state index contributed by atoms with van der Waals surface area (Å²) < 4.78 is 7.82. The van der Waals surface area contributed by atoms with Crippen LogP contribution in [0.2, 0.25) is 0 Å². The molecular formula is C12H22N4O. The highest BCUT2D eigenvalue weighted by Gasteiger charge is 2.22. The molecule has 1 aliphatic rings. The second-order valence-electron chi connectivity index (χ2n) is 4.74. The maximum Gasteiger partial charge on any atom is 0.105 e. The molecular weight excluding hydrogens is 216 g/mol. The van der Waals surface area contributed by atoms with Gasteiger partial charge in [-0.05, 0) is 13.8 Å². The molecule has 0 saturated carbocycles. The minimum absolute atomic E-state index is 0.104. The Morgan fingerprint density at radius 3 is 3.06 bits per heavy atom. The largest absolute Gasteiger partial charge is 0.374 e. The zero-order chi connectivity index (χ0) is 12.3. The molecule has 96 valence electrons. The van der Waals surface area contributed by atoms with E-state index in [1.54, 1.807) is 0 Å². The average molecular weight is 238 g/mol. The highest BCUT2D eigenvalue weighted by molar-refractivity contribution is 4.88. The maximum atomic E-state index is 5.88. The summed E-state index contributed by atoms with van der Waals surface area (Å²) in [5.41, 5.74) is 5.88. The molecule has 2 N–H and O–H groups in total. The first-order chi connectivity index (χ1) is 8.16. The van der Waals surface area contributed by atoms with Gasteiger partial charge in [0.2, 0.25) is 0 Å². The van der Waals surface area contributed by atoms with Crippen molar-refractivity contribution in [3.63, 3.8) is 0 Å². The number of imidazole rings is 1. The molecule has 2 heterocycles. The lowest BCUT2D eigenvalue weighted by Gasteiger charge is -2.34. The van der Waals surface area contributed by atoms with E-state index in [9.17, 15) is 0 Å². The number of aryl methyl sites for hydroxylation is 1. The van der Waals surface area contributed by atoms with Gasteiger partial charge in [0.05, 0.1) is 12.7 Å². The fourth-order valence-electron chi connectivity index (χ4n) is 2.14. The van der Waals surface area contributed by atoms with Crippen LogP contribution in [0.5, 0.6) is 0 Å². The van der Waals surface area contributed by atoms with Crippen molar-refractivity contribution in [1.82, 2.24) is 14.5 Å². The Bertz CT molecular complexity index is 350. The predicted molar refractivity (Wildman–Crippen MR) is 66.8 cm³/mol. The quantitative estimate of drug-likeness (QED) is 0.816. The predicted octanol–water partition coefficient (Wildman–Crippen LogP) is 0.240. The standard InChI is InChI=1S/C12H22N4O/c1-10(13)12-9-15(7-8-17-12)5-6-16-4-3-14-11(16)2/h3-4,10,12H,5-9,13H2,1-2H3. The van der Waals surface area contributed by atoms with Crippen LogP contribution in [0.1, 0.15) is 12.7 Å². The number of hydrogen-bond donors (Lipinski definition) is 1. The van der Waals surface area contributed by atoms with Crippen molar-refractivity contribution in [3.8, 4) is 0 Å². The van der Waals surface area contributed by atoms with Crippen LogP contribution in [0.15, 0.2) is 12.4 Å². The Morgan fingerprint density at radius 2 is 2.41 bits per heavy atom. The van der Waals surface area contributed by atoms with Gasteiger partial charge in [-0.1, -0.05) is 0 Å². The summed E-state index contributed by atoms with van der Waals surface area (Å²) >= 11 is 0. The molecule has 0 spiro atoms. The summed E-state index contributed by atoms with van der Waals surface area (Å²) in [6.07, 6.45) is 4.05. The van der Waals surface area contributed by atoms with Gasteiger partial charge in [-0.15, -0.1) is 0 Å². The first-order valence-electron chi connectivity index (χ1n) is 6.24. The molecule has 1 aromatic rings. The number of aromatic nitrogens is 2. The molecule has 2 rings (SSSR count). The maximum absolute atomic E-state index is 5.88. The number of ether oxygens (including phenoxy) is 1. The van der Waals surface area contributed by atoms with Crippen LogP contribution in [0, 0.1) is 6.92 Å². The number of nitrogens with two attached hydrogens (primary N) is 1. The Kier molecular flexibility index (Phi) is 4.15. The van der Waals surface area contributed by atoms with Crippen molar-refractivity contribution in [1.29, 1.82) is 0 Å². The highest BCUT2D eigenvalue weighted by atomic mass is 16.5. The Balaban J connectivity index is 1.81. The Morgan fingerprint density at radius 1 is 1.59 bits per heavy atom. The van der Waals surface area contributed by atoms with Gasteiger partial charge in [-0.2, -0.15) is 0 Å². The zero-order valence-corrected chi connectivity index (χ0v) is 10.7. The van der Waals surface area contributed by atoms with E-state index >= 15 is 0 Å². The van der Waals surface area contributed by atoms with Crippen molar-refractivity contribution in [3.05, 3.63) is 18.2 Å². The lowest BCUT2D eigenvalue weighted by atomic mass is 10.1. The first-order valence-corrected chi connectivity index (χ1v) is 6.24. The van der Waals surface area contributed by atoms with E-state index in [1.807, 2.05) is 26.2 Å². The van der Waals surface area contributed by atoms with Crippen LogP contribution in [0.4, 0.5) is 0 Å². The molecule has 0 aromatic carbocycles. The van der Waals surface area contributed by atoms with E-state index < -0.39 is 0 Å². The topological polar surface area (TPSA) is 56.3 Å². The van der Waals surface area contributed by atoms with Gasteiger partial charge in [-0.25, -0.2) is 4.98 Å². The second-order valence-corrected chi connectivity index (χ2v) is 4.74. The normalized spacial score (nSPS) is 23.8. The summed E-state index contributed by atoms with van der Waals surface area (Å²) in [7, 11) is 0. The summed E-state index contributed by atoms with van der Waals surface area (Å²) in [4.78, 5) is 6.64. The van der Waals surface area contributed by atoms with Gasteiger partial charge in [0.1, 0.15) is 5.82 Å². The van der Waals surface area contributed by atoms with E-state index in [-0.39, 0.29) is 12.1 Å². The van der Waals surface area contributed by atoms with Gasteiger partial charge in [0.25, 0.3) is 0 Å². The molecule has 1 fully saturated rings. The number of nitrogens with zero attached hydrogens (tertiary/aromatic N) is 3. The third kappa shape index (κ3) is 3.28. The zero-order valence-electron chi connectivity index (χ0n) is 10.7. The molecule has 0 radical (unpaired) electrons. The molecule has 1 saturated heterocycles. The van der Waals surface area contributed by atoms with Crippen molar-refractivity contribution >= 4 is 0 Å². The summed E-state index contributed by atoms with van der Waals surface area (Å²) in [6, 6.07) is 0.104. The smallest absolute Gasteiger partial charge is 0.105 e. The molecule has 0 amide bonds. The van der Waals surface area contributed by atoms with E-state index in [0.29, 0.717) is 0 Å². The van der Waals surface area contributed by atoms with Crippen LogP contribution in [-0.2, 0) is 11.3 Å². The molecule has 1 aromatic heterocycles. The molecule has 0 aliphatic carbocycles. The van der Waals surface area contributed by atoms with Gasteiger partial charge in [0, 0.05) is 44.6 Å². The molecule has 17 heavy (non-hydrogen) atoms. The van der Waals surface area contributed by atoms with Crippen LogP contribution in [0.3, 0.4) is 0 Å². The van der Waals surface area contributed by atoms with Crippen LogP contribution in [-0.4, -0.2) is 52.8 Å². The van der Waals surface area contributed by atoms with Crippen molar-refractivity contribution in [2.45, 2.75) is 32.5 Å². The minimum atomic E-state index is 0.104. The third-order valence-electron chi connectivity index (χ3n) is 3.34. The van der Waals surface area contributed by atoms with E-state index in [4.69, 9.17) is 10.5 Å². The Labute approximate surface area is 103 Å². The fourth-order valence-corrected chi connectivity index (χ4v) is 2.14. The van der Waals surface area contributed by atoms with E-state index in [2.05, 4.69) is 14.5 Å². The lowest BCUT2D eigenvalue weighted by molar-refractivity contribution is -0.0384. The Hall–Kier alpha value is -0.910. The SMILES string of the molecule is Cc1nccn1CCN1CCOC(C(C)N)C1. The molecule has 2 atom stereocenters. The molecule has 5 heteroatoms. The summed E-state index contributed by atoms with van der Waals surface area (Å²) in [6.45, 7) is 8.77. The lowest BCUT2D eigenvalue weighted by Crippen LogP contribution is -2.50. The highest BCUT2D eigenvalue weighted by Crippen LogP contribution is 2.08. The van der Waals surface area contributed by atoms with Crippen LogP contribution >= 0.6 is 0 Å². The third-order valence-corrected chi connectivity index (χ3v) is 3.34. The van der Waals surface area contributed by atoms with Gasteiger partial charge in [-0.3, -0.25) is 4.90 Å². The first kappa shape index (κ1) is 12.5. The van der Waals surface area contributed by atoms with E-state index in [1.165, 1.54) is 0 Å². The number of morpholine rings is 1. The van der Waals surface area contributed by atoms with Crippen molar-refractivity contribution < 1.29 is 4.74 Å². The average Bonchev–Trinajstić information content (AvgIpc) is 2.72. The molecule has 5 nitrogen and oxygen atoms in total. The second kappa shape index (κ2) is 5.62. The number of hydrogen-bond acceptors (Lipinski definition) is 4. The van der Waals surface area contributed by atoms with Crippen molar-refractivity contribution in [2.75, 3.05) is 26.2 Å². The monoisotopic (exact) mass is 238 g/mol. The van der Waals surface area contributed by atoms with Gasteiger partial charge in [0.15, 0.2) is 0 Å². The molecule has 1 aliphatic heterocycles. The summed E-state index contributed by atoms with van der Waals surface area (Å²) in [5.74, 6) is 1.07. The molecule has 0 bridgehead atoms. The summed E-state index contributed by atoms with van der Waals surface area (Å²) in [5, 5.41) is 0. The van der Waals surface area contributed by atoms with Gasteiger partial charge < -0.3 is 15.0 Å². The van der Waals surface area contributed by atoms with Crippen LogP contribution < -0.4 is 5.73 Å². The minimum Gasteiger partial charge on any atom is -0.374 e. The fraction of sp³-hybridized carbons (Fsp3) is 0.750. The van der Waals surface area contributed by atoms with E-state index in [0.717, 1.165) is 38.6 Å². The van der Waals surface area contributed by atoms with Gasteiger partial charge >= 0.3 is 0 Å². The molecule has 2 unspecified atom stereocenters. The van der Waals surface area contributed by atoms with Crippen molar-refractivity contribution in [2.24, 2.45) is 5.73 Å². The van der Waals surface area contributed by atoms with Crippen LogP contribution in [0.25, 0.3) is 0 Å². The number of rotatable bonds is 4.